The molecule has 2 heterocycles. The van der Waals surface area contributed by atoms with E-state index in [1.54, 1.807) is 6.07 Å². The summed E-state index contributed by atoms with van der Waals surface area (Å²) < 4.78 is 1.52. The first-order valence-electron chi connectivity index (χ1n) is 8.30. The van der Waals surface area contributed by atoms with Crippen molar-refractivity contribution in [3.05, 3.63) is 81.8 Å². The Morgan fingerprint density at radius 1 is 0.960 bits per heavy atom. The van der Waals surface area contributed by atoms with Crippen LogP contribution in [0.5, 0.6) is 0 Å². The average molecular weight is 329 g/mol. The number of fused-ring (bicyclic) bond motifs is 1. The molecule has 4 nitrogen and oxygen atoms in total. The van der Waals surface area contributed by atoms with Crippen molar-refractivity contribution in [2.45, 2.75) is 20.8 Å². The van der Waals surface area contributed by atoms with Gasteiger partial charge in [-0.2, -0.15) is 0 Å². The number of nitrogens with zero attached hydrogens (tertiary/aromatic N) is 2. The second kappa shape index (κ2) is 5.74. The fraction of sp³-hybridized carbons (Fsp3) is 0.143. The van der Waals surface area contributed by atoms with Gasteiger partial charge < -0.3 is 0 Å². The summed E-state index contributed by atoms with van der Waals surface area (Å²) in [6.45, 7) is 6.06. The van der Waals surface area contributed by atoms with Gasteiger partial charge in [0.2, 0.25) is 0 Å². The van der Waals surface area contributed by atoms with Crippen molar-refractivity contribution >= 4 is 5.65 Å². The quantitative estimate of drug-likeness (QED) is 0.597. The molecule has 0 fully saturated rings. The third-order valence-corrected chi connectivity index (χ3v) is 4.52. The van der Waals surface area contributed by atoms with Gasteiger partial charge in [0.25, 0.3) is 5.56 Å². The maximum atomic E-state index is 12.6. The van der Waals surface area contributed by atoms with E-state index in [-0.39, 0.29) is 5.56 Å². The van der Waals surface area contributed by atoms with E-state index >= 15 is 0 Å². The lowest BCUT2D eigenvalue weighted by atomic mass is 10.0. The van der Waals surface area contributed by atoms with Crippen LogP contribution in [-0.4, -0.2) is 14.6 Å². The molecule has 0 radical (unpaired) electrons. The normalized spacial score (nSPS) is 11.2. The van der Waals surface area contributed by atoms with Crippen molar-refractivity contribution in [2.24, 2.45) is 0 Å². The van der Waals surface area contributed by atoms with Crippen LogP contribution in [0.1, 0.15) is 16.8 Å². The predicted molar refractivity (Wildman–Crippen MR) is 101 cm³/mol. The van der Waals surface area contributed by atoms with E-state index in [9.17, 15) is 4.79 Å². The SMILES string of the molecule is Cc1cccc(-c2c(C)[nH]n3c(=O)cc(-c4ccccc4C)nc23)c1. The van der Waals surface area contributed by atoms with E-state index in [4.69, 9.17) is 4.98 Å². The van der Waals surface area contributed by atoms with Crippen LogP contribution in [0.25, 0.3) is 28.0 Å². The number of aromatic nitrogens is 3. The van der Waals surface area contributed by atoms with Crippen molar-refractivity contribution in [2.75, 3.05) is 0 Å². The molecular weight excluding hydrogens is 310 g/mol. The lowest BCUT2D eigenvalue weighted by Crippen LogP contribution is -2.14. The standard InChI is InChI=1S/C21H19N3O/c1-13-7-6-9-16(11-13)20-15(3)23-24-19(25)12-18(22-21(20)24)17-10-5-4-8-14(17)2/h4-12,23H,1-3H3. The summed E-state index contributed by atoms with van der Waals surface area (Å²) in [4.78, 5) is 17.5. The van der Waals surface area contributed by atoms with Gasteiger partial charge in [0, 0.05) is 22.9 Å². The number of nitrogens with one attached hydrogen (secondary N) is 1. The molecule has 4 rings (SSSR count). The summed E-state index contributed by atoms with van der Waals surface area (Å²) in [5.41, 5.74) is 7.47. The molecule has 0 bridgehead atoms. The van der Waals surface area contributed by atoms with Crippen LogP contribution in [0.3, 0.4) is 0 Å². The highest BCUT2D eigenvalue weighted by molar-refractivity contribution is 5.81. The molecule has 124 valence electrons. The van der Waals surface area contributed by atoms with Gasteiger partial charge in [-0.1, -0.05) is 54.1 Å². The molecule has 2 aromatic heterocycles. The molecule has 0 spiro atoms. The van der Waals surface area contributed by atoms with Gasteiger partial charge >= 0.3 is 0 Å². The first kappa shape index (κ1) is 15.4. The molecule has 25 heavy (non-hydrogen) atoms. The molecule has 1 N–H and O–H groups in total. The second-order valence-corrected chi connectivity index (χ2v) is 6.43. The summed E-state index contributed by atoms with van der Waals surface area (Å²) in [5.74, 6) is 0. The monoisotopic (exact) mass is 329 g/mol. The van der Waals surface area contributed by atoms with Crippen molar-refractivity contribution in [1.82, 2.24) is 14.6 Å². The van der Waals surface area contributed by atoms with Crippen LogP contribution >= 0.6 is 0 Å². The van der Waals surface area contributed by atoms with Gasteiger partial charge in [-0.15, -0.1) is 0 Å². The zero-order valence-corrected chi connectivity index (χ0v) is 14.5. The molecule has 4 heteroatoms. The topological polar surface area (TPSA) is 50.2 Å². The largest absolute Gasteiger partial charge is 0.293 e. The smallest absolute Gasteiger partial charge is 0.273 e. The Morgan fingerprint density at radius 2 is 1.76 bits per heavy atom. The molecule has 0 atom stereocenters. The molecule has 0 saturated carbocycles. The van der Waals surface area contributed by atoms with Crippen molar-refractivity contribution < 1.29 is 0 Å². The Hall–Kier alpha value is -3.14. The Morgan fingerprint density at radius 3 is 2.52 bits per heavy atom. The molecule has 0 aliphatic heterocycles. The van der Waals surface area contributed by atoms with Crippen LogP contribution < -0.4 is 5.56 Å². The highest BCUT2D eigenvalue weighted by Crippen LogP contribution is 2.29. The van der Waals surface area contributed by atoms with Crippen molar-refractivity contribution in [1.29, 1.82) is 0 Å². The fourth-order valence-electron chi connectivity index (χ4n) is 3.29. The molecule has 2 aromatic carbocycles. The van der Waals surface area contributed by atoms with Gasteiger partial charge in [0.15, 0.2) is 5.65 Å². The minimum atomic E-state index is -0.106. The summed E-state index contributed by atoms with van der Waals surface area (Å²) in [5, 5.41) is 3.15. The van der Waals surface area contributed by atoms with Crippen molar-refractivity contribution in [3.63, 3.8) is 0 Å². The maximum absolute atomic E-state index is 12.6. The summed E-state index contributed by atoms with van der Waals surface area (Å²) in [6.07, 6.45) is 0. The number of aromatic amines is 1. The first-order chi connectivity index (χ1) is 12.0. The average Bonchev–Trinajstić information content (AvgIpc) is 2.92. The zero-order chi connectivity index (χ0) is 17.6. The minimum Gasteiger partial charge on any atom is -0.293 e. The Bertz CT molecular complexity index is 1150. The fourth-order valence-corrected chi connectivity index (χ4v) is 3.29. The van der Waals surface area contributed by atoms with Gasteiger partial charge in [-0.05, 0) is 31.9 Å². The number of benzene rings is 2. The molecule has 0 amide bonds. The maximum Gasteiger partial charge on any atom is 0.273 e. The Labute approximate surface area is 145 Å². The van der Waals surface area contributed by atoms with Crippen LogP contribution in [0, 0.1) is 20.8 Å². The third kappa shape index (κ3) is 2.56. The van der Waals surface area contributed by atoms with Crippen LogP contribution in [0.15, 0.2) is 59.4 Å². The van der Waals surface area contributed by atoms with E-state index < -0.39 is 0 Å². The van der Waals surface area contributed by atoms with Gasteiger partial charge in [0.05, 0.1) is 5.69 Å². The van der Waals surface area contributed by atoms with E-state index in [0.717, 1.165) is 27.9 Å². The number of rotatable bonds is 2. The summed E-state index contributed by atoms with van der Waals surface area (Å²) in [7, 11) is 0. The highest BCUT2D eigenvalue weighted by Gasteiger charge is 2.15. The summed E-state index contributed by atoms with van der Waals surface area (Å²) in [6, 6.07) is 17.8. The number of hydrogen-bond acceptors (Lipinski definition) is 2. The molecule has 0 aliphatic rings. The molecule has 0 aliphatic carbocycles. The van der Waals surface area contributed by atoms with Crippen LogP contribution in [-0.2, 0) is 0 Å². The van der Waals surface area contributed by atoms with E-state index in [1.807, 2.05) is 44.2 Å². The number of H-pyrrole nitrogens is 1. The molecule has 4 aromatic rings. The van der Waals surface area contributed by atoms with Gasteiger partial charge in [-0.25, -0.2) is 9.50 Å². The second-order valence-electron chi connectivity index (χ2n) is 6.43. The predicted octanol–water partition coefficient (Wildman–Crippen LogP) is 4.28. The molecule has 0 saturated heterocycles. The zero-order valence-electron chi connectivity index (χ0n) is 14.5. The van der Waals surface area contributed by atoms with Crippen LogP contribution in [0.2, 0.25) is 0 Å². The lowest BCUT2D eigenvalue weighted by Gasteiger charge is -2.06. The summed E-state index contributed by atoms with van der Waals surface area (Å²) >= 11 is 0. The number of hydrogen-bond donors (Lipinski definition) is 1. The Balaban J connectivity index is 2.04. The van der Waals surface area contributed by atoms with Crippen molar-refractivity contribution in [3.8, 4) is 22.4 Å². The molecular formula is C21H19N3O. The third-order valence-electron chi connectivity index (χ3n) is 4.52. The van der Waals surface area contributed by atoms with Gasteiger partial charge in [-0.3, -0.25) is 9.89 Å². The Kier molecular flexibility index (Phi) is 3.53. The highest BCUT2D eigenvalue weighted by atomic mass is 16.1. The van der Waals surface area contributed by atoms with E-state index in [2.05, 4.69) is 30.2 Å². The first-order valence-corrected chi connectivity index (χ1v) is 8.30. The number of aryl methyl sites for hydroxylation is 3. The van der Waals surface area contributed by atoms with E-state index in [1.165, 1.54) is 10.1 Å². The van der Waals surface area contributed by atoms with E-state index in [0.29, 0.717) is 11.3 Å². The van der Waals surface area contributed by atoms with Crippen LogP contribution in [0.4, 0.5) is 0 Å². The minimum absolute atomic E-state index is 0.106. The lowest BCUT2D eigenvalue weighted by molar-refractivity contribution is 0.882. The van der Waals surface area contributed by atoms with Gasteiger partial charge in [0.1, 0.15) is 0 Å². The molecule has 0 unspecified atom stereocenters.